The zero-order valence-electron chi connectivity index (χ0n) is 8.92. The van der Waals surface area contributed by atoms with Gasteiger partial charge in [-0.1, -0.05) is 0 Å². The molecule has 2 unspecified atom stereocenters. The number of likely N-dealkylation sites (N-methyl/N-ethyl adjacent to an activating group) is 1. The lowest BCUT2D eigenvalue weighted by Crippen LogP contribution is -2.40. The number of nitrogens with zero attached hydrogens (tertiary/aromatic N) is 1. The second kappa shape index (κ2) is 6.40. The highest BCUT2D eigenvalue weighted by molar-refractivity contribution is 4.66. The van der Waals surface area contributed by atoms with E-state index in [0.717, 1.165) is 13.2 Å². The van der Waals surface area contributed by atoms with Crippen LogP contribution in [0.4, 0.5) is 0 Å². The largest absolute Gasteiger partial charge is 0.383 e. The van der Waals surface area contributed by atoms with Gasteiger partial charge in [0.05, 0.1) is 6.61 Å². The molecule has 0 aromatic heterocycles. The SMILES string of the molecule is COCC(C)NCC(C)N(C)C. The molecule has 0 aromatic rings. The van der Waals surface area contributed by atoms with E-state index in [1.807, 2.05) is 0 Å². The van der Waals surface area contributed by atoms with Crippen LogP contribution in [-0.2, 0) is 4.74 Å². The molecule has 0 heterocycles. The fraction of sp³-hybridized carbons (Fsp3) is 1.00. The van der Waals surface area contributed by atoms with Crippen molar-refractivity contribution < 1.29 is 4.74 Å². The number of rotatable bonds is 6. The molecule has 0 saturated heterocycles. The second-order valence-electron chi connectivity index (χ2n) is 3.58. The van der Waals surface area contributed by atoms with E-state index in [9.17, 15) is 0 Å². The summed E-state index contributed by atoms with van der Waals surface area (Å²) >= 11 is 0. The highest BCUT2D eigenvalue weighted by Gasteiger charge is 2.06. The summed E-state index contributed by atoms with van der Waals surface area (Å²) in [5, 5.41) is 3.40. The molecule has 0 spiro atoms. The summed E-state index contributed by atoms with van der Waals surface area (Å²) in [6, 6.07) is 1.02. The monoisotopic (exact) mass is 174 g/mol. The molecule has 3 heteroatoms. The van der Waals surface area contributed by atoms with Crippen molar-refractivity contribution >= 4 is 0 Å². The Bertz CT molecular complexity index is 107. The topological polar surface area (TPSA) is 24.5 Å². The quantitative estimate of drug-likeness (QED) is 0.637. The van der Waals surface area contributed by atoms with Gasteiger partial charge in [-0.2, -0.15) is 0 Å². The Labute approximate surface area is 76.1 Å². The molecule has 0 aliphatic carbocycles. The molecule has 0 amide bonds. The van der Waals surface area contributed by atoms with E-state index in [2.05, 4.69) is 38.2 Å². The molecule has 0 radical (unpaired) electrons. The van der Waals surface area contributed by atoms with E-state index in [-0.39, 0.29) is 0 Å². The van der Waals surface area contributed by atoms with Crippen molar-refractivity contribution in [3.05, 3.63) is 0 Å². The van der Waals surface area contributed by atoms with Crippen molar-refractivity contribution in [2.24, 2.45) is 0 Å². The van der Waals surface area contributed by atoms with Gasteiger partial charge >= 0.3 is 0 Å². The maximum absolute atomic E-state index is 5.02. The molecule has 3 nitrogen and oxygen atoms in total. The predicted octanol–water partition coefficient (Wildman–Crippen LogP) is 0.561. The van der Waals surface area contributed by atoms with E-state index in [1.54, 1.807) is 7.11 Å². The van der Waals surface area contributed by atoms with Crippen LogP contribution >= 0.6 is 0 Å². The van der Waals surface area contributed by atoms with Gasteiger partial charge in [0.1, 0.15) is 0 Å². The lowest BCUT2D eigenvalue weighted by atomic mass is 10.3. The molecule has 74 valence electrons. The Morgan fingerprint density at radius 3 is 2.33 bits per heavy atom. The Hall–Kier alpha value is -0.120. The van der Waals surface area contributed by atoms with E-state index in [1.165, 1.54) is 0 Å². The molecule has 2 atom stereocenters. The van der Waals surface area contributed by atoms with Crippen molar-refractivity contribution in [3.63, 3.8) is 0 Å². The minimum Gasteiger partial charge on any atom is -0.383 e. The maximum atomic E-state index is 5.02. The first-order valence-corrected chi connectivity index (χ1v) is 4.46. The average Bonchev–Trinajstić information content (AvgIpc) is 2.00. The Balaban J connectivity index is 3.40. The molecule has 0 aromatic carbocycles. The fourth-order valence-corrected chi connectivity index (χ4v) is 0.863. The summed E-state index contributed by atoms with van der Waals surface area (Å²) in [6.45, 7) is 6.12. The minimum atomic E-state index is 0.442. The number of hydrogen-bond acceptors (Lipinski definition) is 3. The van der Waals surface area contributed by atoms with E-state index >= 15 is 0 Å². The third-order valence-electron chi connectivity index (χ3n) is 2.06. The standard InChI is InChI=1S/C9H22N2O/c1-8(7-12-5)10-6-9(2)11(3)4/h8-10H,6-7H2,1-5H3. The van der Waals surface area contributed by atoms with Crippen molar-refractivity contribution in [1.29, 1.82) is 0 Å². The molecular formula is C9H22N2O. The third kappa shape index (κ3) is 5.52. The van der Waals surface area contributed by atoms with E-state index < -0.39 is 0 Å². The van der Waals surface area contributed by atoms with Crippen LogP contribution in [-0.4, -0.2) is 51.3 Å². The first kappa shape index (κ1) is 11.9. The summed E-state index contributed by atoms with van der Waals surface area (Å²) in [4.78, 5) is 2.20. The molecule has 0 aliphatic heterocycles. The number of nitrogens with one attached hydrogen (secondary N) is 1. The van der Waals surface area contributed by atoms with E-state index in [0.29, 0.717) is 12.1 Å². The highest BCUT2D eigenvalue weighted by atomic mass is 16.5. The summed E-state index contributed by atoms with van der Waals surface area (Å²) in [5.74, 6) is 0. The minimum absolute atomic E-state index is 0.442. The van der Waals surface area contributed by atoms with Gasteiger partial charge in [0.25, 0.3) is 0 Å². The molecule has 1 N–H and O–H groups in total. The zero-order chi connectivity index (χ0) is 9.56. The van der Waals surface area contributed by atoms with Gasteiger partial charge in [-0.25, -0.2) is 0 Å². The van der Waals surface area contributed by atoms with Crippen LogP contribution in [0.3, 0.4) is 0 Å². The smallest absolute Gasteiger partial charge is 0.0613 e. The van der Waals surface area contributed by atoms with Gasteiger partial charge in [0, 0.05) is 25.7 Å². The van der Waals surface area contributed by atoms with Crippen LogP contribution in [0.25, 0.3) is 0 Å². The van der Waals surface area contributed by atoms with Crippen LogP contribution in [0, 0.1) is 0 Å². The zero-order valence-corrected chi connectivity index (χ0v) is 8.92. The van der Waals surface area contributed by atoms with Crippen LogP contribution < -0.4 is 5.32 Å². The Kier molecular flexibility index (Phi) is 6.34. The summed E-state index contributed by atoms with van der Waals surface area (Å²) in [6.07, 6.45) is 0. The molecule has 0 rings (SSSR count). The lowest BCUT2D eigenvalue weighted by molar-refractivity contribution is 0.167. The molecule has 0 saturated carbocycles. The fourth-order valence-electron chi connectivity index (χ4n) is 0.863. The average molecular weight is 174 g/mol. The van der Waals surface area contributed by atoms with Crippen molar-refractivity contribution in [3.8, 4) is 0 Å². The van der Waals surface area contributed by atoms with Gasteiger partial charge in [-0.15, -0.1) is 0 Å². The van der Waals surface area contributed by atoms with Crippen LogP contribution in [0.2, 0.25) is 0 Å². The van der Waals surface area contributed by atoms with E-state index in [4.69, 9.17) is 4.74 Å². The normalized spacial score (nSPS) is 16.5. The van der Waals surface area contributed by atoms with Gasteiger partial charge < -0.3 is 15.0 Å². The summed E-state index contributed by atoms with van der Waals surface area (Å²) in [7, 11) is 5.91. The first-order valence-electron chi connectivity index (χ1n) is 4.46. The van der Waals surface area contributed by atoms with Gasteiger partial charge in [0.2, 0.25) is 0 Å². The predicted molar refractivity (Wildman–Crippen MR) is 52.5 cm³/mol. The number of hydrogen-bond donors (Lipinski definition) is 1. The molecular weight excluding hydrogens is 152 g/mol. The Morgan fingerprint density at radius 1 is 1.33 bits per heavy atom. The van der Waals surface area contributed by atoms with Crippen LogP contribution in [0.15, 0.2) is 0 Å². The first-order chi connectivity index (χ1) is 5.57. The second-order valence-corrected chi connectivity index (χ2v) is 3.58. The summed E-state index contributed by atoms with van der Waals surface area (Å²) in [5.41, 5.74) is 0. The van der Waals surface area contributed by atoms with Gasteiger partial charge in [-0.05, 0) is 27.9 Å². The number of methoxy groups -OCH3 is 1. The van der Waals surface area contributed by atoms with Gasteiger partial charge in [-0.3, -0.25) is 0 Å². The van der Waals surface area contributed by atoms with Crippen molar-refractivity contribution in [1.82, 2.24) is 10.2 Å². The van der Waals surface area contributed by atoms with Crippen LogP contribution in [0.1, 0.15) is 13.8 Å². The Morgan fingerprint density at radius 2 is 1.92 bits per heavy atom. The summed E-state index contributed by atoms with van der Waals surface area (Å²) < 4.78 is 5.02. The third-order valence-corrected chi connectivity index (χ3v) is 2.06. The van der Waals surface area contributed by atoms with Crippen molar-refractivity contribution in [2.45, 2.75) is 25.9 Å². The highest BCUT2D eigenvalue weighted by Crippen LogP contribution is 1.90. The molecule has 12 heavy (non-hydrogen) atoms. The van der Waals surface area contributed by atoms with Crippen LogP contribution in [0.5, 0.6) is 0 Å². The molecule has 0 aliphatic rings. The molecule has 0 bridgehead atoms. The van der Waals surface area contributed by atoms with Gasteiger partial charge in [0.15, 0.2) is 0 Å². The number of ether oxygens (including phenoxy) is 1. The molecule has 0 fully saturated rings. The van der Waals surface area contributed by atoms with Crippen molar-refractivity contribution in [2.75, 3.05) is 34.4 Å². The maximum Gasteiger partial charge on any atom is 0.0613 e. The lowest BCUT2D eigenvalue weighted by Gasteiger charge is -2.22.